The first kappa shape index (κ1) is 17.8. The molecule has 1 unspecified atom stereocenters. The lowest BCUT2D eigenvalue weighted by Gasteiger charge is -2.25. The number of nitrogens with zero attached hydrogens (tertiary/aromatic N) is 1. The van der Waals surface area contributed by atoms with Gasteiger partial charge in [-0.25, -0.2) is 4.39 Å². The second-order valence-corrected chi connectivity index (χ2v) is 7.66. The van der Waals surface area contributed by atoms with E-state index in [9.17, 15) is 14.0 Å². The smallest absolute Gasteiger partial charge is 0.295 e. The van der Waals surface area contributed by atoms with Gasteiger partial charge in [0.05, 0.1) is 17.0 Å². The molecule has 0 bridgehead atoms. The number of carbonyl (C=O) groups is 1. The summed E-state index contributed by atoms with van der Waals surface area (Å²) in [7, 11) is 0. The Morgan fingerprint density at radius 1 is 0.931 bits per heavy atom. The number of anilines is 1. The van der Waals surface area contributed by atoms with Gasteiger partial charge in [0.1, 0.15) is 11.4 Å². The van der Waals surface area contributed by atoms with Crippen molar-refractivity contribution in [1.82, 2.24) is 0 Å². The summed E-state index contributed by atoms with van der Waals surface area (Å²) in [4.78, 5) is 28.1. The van der Waals surface area contributed by atoms with Gasteiger partial charge in [0, 0.05) is 15.7 Å². The van der Waals surface area contributed by atoms with E-state index in [2.05, 4.69) is 15.9 Å². The number of para-hydroxylation sites is 1. The maximum absolute atomic E-state index is 14.8. The lowest BCUT2D eigenvalue weighted by Crippen LogP contribution is -2.30. The summed E-state index contributed by atoms with van der Waals surface area (Å²) in [6, 6.07) is 19.1. The molecule has 0 radical (unpaired) electrons. The molecule has 1 aliphatic rings. The van der Waals surface area contributed by atoms with Gasteiger partial charge in [-0.05, 0) is 36.4 Å². The third-order valence-corrected chi connectivity index (χ3v) is 5.56. The van der Waals surface area contributed by atoms with Crippen molar-refractivity contribution in [2.45, 2.75) is 6.04 Å². The molecule has 0 N–H and O–H groups in total. The monoisotopic (exact) mass is 449 g/mol. The van der Waals surface area contributed by atoms with Crippen molar-refractivity contribution < 1.29 is 13.6 Å². The molecule has 0 saturated carbocycles. The molecular formula is C23H13BrFNO3. The van der Waals surface area contributed by atoms with Gasteiger partial charge in [-0.2, -0.15) is 0 Å². The van der Waals surface area contributed by atoms with Crippen LogP contribution in [0.5, 0.6) is 0 Å². The second-order valence-electron chi connectivity index (χ2n) is 6.75. The number of hydrogen-bond donors (Lipinski definition) is 0. The number of amides is 1. The molecule has 1 aliphatic heterocycles. The van der Waals surface area contributed by atoms with Crippen LogP contribution in [0.25, 0.3) is 11.0 Å². The maximum atomic E-state index is 14.8. The molecule has 6 heteroatoms. The van der Waals surface area contributed by atoms with E-state index in [1.54, 1.807) is 60.7 Å². The molecule has 4 nitrogen and oxygen atoms in total. The SMILES string of the molecule is O=C1c2oc3ccccc3c(=O)c2C(c2ccccc2F)N1c1cccc(Br)c1. The molecule has 1 aromatic heterocycles. The zero-order valence-corrected chi connectivity index (χ0v) is 16.5. The van der Waals surface area contributed by atoms with Crippen LogP contribution >= 0.6 is 15.9 Å². The largest absolute Gasteiger partial charge is 0.450 e. The Kier molecular flexibility index (Phi) is 4.10. The topological polar surface area (TPSA) is 50.5 Å². The Balaban J connectivity index is 1.86. The fourth-order valence-corrected chi connectivity index (χ4v) is 4.19. The highest BCUT2D eigenvalue weighted by atomic mass is 79.9. The molecule has 0 spiro atoms. The quantitative estimate of drug-likeness (QED) is 0.409. The fourth-order valence-electron chi connectivity index (χ4n) is 3.80. The summed E-state index contributed by atoms with van der Waals surface area (Å²) in [5, 5.41) is 0.358. The van der Waals surface area contributed by atoms with Crippen molar-refractivity contribution in [3.8, 4) is 0 Å². The third-order valence-electron chi connectivity index (χ3n) is 5.06. The zero-order valence-electron chi connectivity index (χ0n) is 14.9. The van der Waals surface area contributed by atoms with Gasteiger partial charge < -0.3 is 4.42 Å². The number of hydrogen-bond acceptors (Lipinski definition) is 3. The van der Waals surface area contributed by atoms with Crippen molar-refractivity contribution in [3.05, 3.63) is 110 Å². The van der Waals surface area contributed by atoms with E-state index in [0.717, 1.165) is 4.47 Å². The highest BCUT2D eigenvalue weighted by Crippen LogP contribution is 2.42. The summed E-state index contributed by atoms with van der Waals surface area (Å²) < 4.78 is 21.4. The van der Waals surface area contributed by atoms with Crippen LogP contribution < -0.4 is 10.3 Å². The lowest BCUT2D eigenvalue weighted by atomic mass is 9.98. The molecule has 29 heavy (non-hydrogen) atoms. The van der Waals surface area contributed by atoms with Crippen molar-refractivity contribution in [2.24, 2.45) is 0 Å². The molecule has 2 heterocycles. The number of benzene rings is 3. The van der Waals surface area contributed by atoms with Crippen LogP contribution in [0, 0.1) is 5.82 Å². The van der Waals surface area contributed by atoms with Gasteiger partial charge in [-0.3, -0.25) is 14.5 Å². The fraction of sp³-hybridized carbons (Fsp3) is 0.0435. The molecule has 1 amide bonds. The summed E-state index contributed by atoms with van der Waals surface area (Å²) in [6.07, 6.45) is 0. The summed E-state index contributed by atoms with van der Waals surface area (Å²) >= 11 is 3.41. The van der Waals surface area contributed by atoms with E-state index in [1.165, 1.54) is 11.0 Å². The molecule has 5 rings (SSSR count). The number of fused-ring (bicyclic) bond motifs is 2. The molecular weight excluding hydrogens is 437 g/mol. The van der Waals surface area contributed by atoms with Crippen LogP contribution in [-0.4, -0.2) is 5.91 Å². The van der Waals surface area contributed by atoms with Crippen molar-refractivity contribution in [3.63, 3.8) is 0 Å². The van der Waals surface area contributed by atoms with E-state index < -0.39 is 17.8 Å². The highest BCUT2D eigenvalue weighted by Gasteiger charge is 2.44. The van der Waals surface area contributed by atoms with Gasteiger partial charge in [0.15, 0.2) is 5.43 Å². The predicted octanol–water partition coefficient (Wildman–Crippen LogP) is 5.44. The molecule has 0 aliphatic carbocycles. The first-order valence-electron chi connectivity index (χ1n) is 8.95. The van der Waals surface area contributed by atoms with Crippen molar-refractivity contribution >= 4 is 38.5 Å². The van der Waals surface area contributed by atoms with Gasteiger partial charge in [-0.1, -0.05) is 52.3 Å². The van der Waals surface area contributed by atoms with E-state index >= 15 is 0 Å². The molecule has 142 valence electrons. The van der Waals surface area contributed by atoms with Gasteiger partial charge in [0.25, 0.3) is 5.91 Å². The Morgan fingerprint density at radius 3 is 2.48 bits per heavy atom. The predicted molar refractivity (Wildman–Crippen MR) is 112 cm³/mol. The van der Waals surface area contributed by atoms with Gasteiger partial charge in [0.2, 0.25) is 5.76 Å². The number of rotatable bonds is 2. The minimum absolute atomic E-state index is 0.0538. The molecule has 0 fully saturated rings. The Labute approximate surface area is 173 Å². The lowest BCUT2D eigenvalue weighted by molar-refractivity contribution is 0.0971. The average Bonchev–Trinajstić information content (AvgIpc) is 3.01. The molecule has 4 aromatic rings. The molecule has 1 atom stereocenters. The van der Waals surface area contributed by atoms with Crippen LogP contribution in [0.1, 0.15) is 27.7 Å². The highest BCUT2D eigenvalue weighted by molar-refractivity contribution is 9.10. The summed E-state index contributed by atoms with van der Waals surface area (Å²) in [5.41, 5.74) is 0.919. The summed E-state index contributed by atoms with van der Waals surface area (Å²) in [5.74, 6) is -1.03. The Morgan fingerprint density at radius 2 is 1.69 bits per heavy atom. The minimum Gasteiger partial charge on any atom is -0.450 e. The standard InChI is InChI=1S/C23H13BrFNO3/c24-13-6-5-7-14(12-13)26-20(15-8-1-3-10-17(15)25)19-21(27)16-9-2-4-11-18(16)29-22(19)23(26)28/h1-12,20H. The van der Waals surface area contributed by atoms with Crippen LogP contribution in [-0.2, 0) is 0 Å². The van der Waals surface area contributed by atoms with Gasteiger partial charge in [-0.15, -0.1) is 0 Å². The Hall–Kier alpha value is -3.25. The second kappa shape index (κ2) is 6.67. The maximum Gasteiger partial charge on any atom is 0.295 e. The average molecular weight is 450 g/mol. The van der Waals surface area contributed by atoms with E-state index in [-0.39, 0.29) is 22.3 Å². The third kappa shape index (κ3) is 2.71. The van der Waals surface area contributed by atoms with Crippen LogP contribution in [0.3, 0.4) is 0 Å². The first-order valence-corrected chi connectivity index (χ1v) is 9.75. The molecule has 3 aromatic carbocycles. The van der Waals surface area contributed by atoms with E-state index in [0.29, 0.717) is 16.7 Å². The number of halogens is 2. The normalized spacial score (nSPS) is 15.7. The first-order chi connectivity index (χ1) is 14.1. The minimum atomic E-state index is -0.922. The zero-order chi connectivity index (χ0) is 20.1. The Bertz CT molecular complexity index is 1350. The van der Waals surface area contributed by atoms with Crippen molar-refractivity contribution in [2.75, 3.05) is 4.90 Å². The van der Waals surface area contributed by atoms with Crippen LogP contribution in [0.4, 0.5) is 10.1 Å². The van der Waals surface area contributed by atoms with E-state index in [4.69, 9.17) is 4.42 Å². The van der Waals surface area contributed by atoms with E-state index in [1.807, 2.05) is 6.07 Å². The van der Waals surface area contributed by atoms with Crippen LogP contribution in [0.15, 0.2) is 86.5 Å². The van der Waals surface area contributed by atoms with Gasteiger partial charge >= 0.3 is 0 Å². The summed E-state index contributed by atoms with van der Waals surface area (Å²) in [6.45, 7) is 0. The number of carbonyl (C=O) groups excluding carboxylic acids is 1. The van der Waals surface area contributed by atoms with Crippen LogP contribution in [0.2, 0.25) is 0 Å². The molecule has 0 saturated heterocycles. The van der Waals surface area contributed by atoms with Crippen molar-refractivity contribution in [1.29, 1.82) is 0 Å².